The van der Waals surface area contributed by atoms with Gasteiger partial charge in [0.1, 0.15) is 44.1 Å². The summed E-state index contributed by atoms with van der Waals surface area (Å²) in [4.78, 5) is 169. The zero-order valence-corrected chi connectivity index (χ0v) is 78.9. The number of hydrogen-bond acceptors (Lipinski definition) is 24. The molecule has 0 spiro atoms. The summed E-state index contributed by atoms with van der Waals surface area (Å²) in [5.74, 6) is 0. The van der Waals surface area contributed by atoms with E-state index in [4.69, 9.17) is 0 Å². The van der Waals surface area contributed by atoms with Crippen LogP contribution in [0.1, 0.15) is 254 Å². The van der Waals surface area contributed by atoms with Gasteiger partial charge in [0.15, 0.2) is 0 Å². The molecule has 0 saturated heterocycles. The molecule has 16 rings (SSSR count). The zero-order chi connectivity index (χ0) is 98.0. The predicted octanol–water partition coefficient (Wildman–Crippen LogP) is 10.8. The summed E-state index contributed by atoms with van der Waals surface area (Å²) in [6, 6.07) is 0. The van der Waals surface area contributed by atoms with E-state index in [-0.39, 0.29) is 93.3 Å². The summed E-state index contributed by atoms with van der Waals surface area (Å²) in [5, 5.41) is 75.7. The third kappa shape index (κ3) is 31.6. The fourth-order valence-corrected chi connectivity index (χ4v) is 15.4. The highest BCUT2D eigenvalue weighted by atomic mass is 16.3. The first-order valence-electron chi connectivity index (χ1n) is 47.5. The Morgan fingerprint density at radius 1 is 0.184 bits per heavy atom. The van der Waals surface area contributed by atoms with Crippen molar-refractivity contribution in [1.29, 1.82) is 0 Å². The summed E-state index contributed by atoms with van der Waals surface area (Å²) in [6.07, 6.45) is 50.5. The first-order chi connectivity index (χ1) is 65.8. The number of aliphatic hydroxyl groups excluding tert-OH is 8. The van der Waals surface area contributed by atoms with E-state index in [1.807, 2.05) is 105 Å². The second-order valence-electron chi connectivity index (χ2n) is 33.8. The zero-order valence-electron chi connectivity index (χ0n) is 78.9. The molecule has 136 heavy (non-hydrogen) atoms. The minimum absolute atomic E-state index is 0.144. The minimum Gasteiger partial charge on any atom is -0.393 e. The van der Waals surface area contributed by atoms with Crippen LogP contribution < -0.4 is 44.5 Å². The molecule has 0 aliphatic carbocycles. The fourth-order valence-electron chi connectivity index (χ4n) is 15.4. The second kappa shape index (κ2) is 55.8. The van der Waals surface area contributed by atoms with Gasteiger partial charge in [-0.1, -0.05) is 55.4 Å². The molecule has 0 fully saturated rings. The monoisotopic (exact) mass is 1880 g/mol. The van der Waals surface area contributed by atoms with Gasteiger partial charge < -0.3 is 121 Å². The van der Waals surface area contributed by atoms with Crippen LogP contribution >= 0.6 is 0 Å². The summed E-state index contributed by atoms with van der Waals surface area (Å²) < 4.78 is 0. The maximum atomic E-state index is 11.5. The van der Waals surface area contributed by atoms with E-state index in [0.717, 1.165) is 294 Å². The van der Waals surface area contributed by atoms with Crippen LogP contribution in [-0.2, 0) is 51.4 Å². The number of aromatic amines is 16. The maximum Gasteiger partial charge on any atom is 0.275 e. The molecule has 8 atom stereocenters. The lowest BCUT2D eigenvalue weighted by Crippen LogP contribution is -2.06. The molecule has 736 valence electrons. The molecule has 0 aromatic carbocycles. The number of aryl methyl sites for hydroxylation is 8. The van der Waals surface area contributed by atoms with Gasteiger partial charge in [0.25, 0.3) is 44.5 Å². The number of rotatable bonds is 40. The van der Waals surface area contributed by atoms with Crippen LogP contribution in [0.5, 0.6) is 0 Å². The quantitative estimate of drug-likeness (QED) is 0.0170. The van der Waals surface area contributed by atoms with E-state index >= 15 is 0 Å². The van der Waals surface area contributed by atoms with Crippen molar-refractivity contribution in [3.05, 3.63) is 228 Å². The van der Waals surface area contributed by atoms with E-state index in [0.29, 0.717) is 44.1 Å². The van der Waals surface area contributed by atoms with E-state index < -0.39 is 0 Å². The molecule has 40 heteroatoms. The van der Waals surface area contributed by atoms with E-state index in [1.54, 1.807) is 0 Å². The normalized spacial score (nSPS) is 13.1. The third-order valence-electron chi connectivity index (χ3n) is 24.0. The van der Waals surface area contributed by atoms with E-state index in [1.165, 1.54) is 50.6 Å². The molecule has 0 saturated carbocycles. The number of nitrogens with zero attached hydrogens (tertiary/aromatic N) is 8. The van der Waals surface area contributed by atoms with Crippen molar-refractivity contribution in [3.8, 4) is 0 Å². The van der Waals surface area contributed by atoms with Gasteiger partial charge in [0.2, 0.25) is 0 Å². The first-order valence-corrected chi connectivity index (χ1v) is 47.5. The highest BCUT2D eigenvalue weighted by Crippen LogP contribution is 2.24. The molecular formula is C96H136N24O16. The van der Waals surface area contributed by atoms with Crippen LogP contribution in [0.15, 0.2) is 139 Å². The number of fused-ring (bicyclic) bond motifs is 8. The molecule has 0 amide bonds. The smallest absolute Gasteiger partial charge is 0.275 e. The van der Waals surface area contributed by atoms with Crippen molar-refractivity contribution in [2.75, 3.05) is 0 Å². The van der Waals surface area contributed by atoms with Crippen molar-refractivity contribution < 1.29 is 40.9 Å². The van der Waals surface area contributed by atoms with Crippen molar-refractivity contribution in [2.45, 2.75) is 310 Å². The van der Waals surface area contributed by atoms with Crippen molar-refractivity contribution >= 4 is 88.3 Å². The van der Waals surface area contributed by atoms with Crippen LogP contribution in [0.4, 0.5) is 0 Å². The second-order valence-corrected chi connectivity index (χ2v) is 33.8. The Morgan fingerprint density at radius 2 is 0.287 bits per heavy atom. The van der Waals surface area contributed by atoms with Gasteiger partial charge in [-0.05, 0) is 250 Å². The largest absolute Gasteiger partial charge is 0.393 e. The Bertz CT molecular complexity index is 5550. The molecule has 24 N–H and O–H groups in total. The van der Waals surface area contributed by atoms with Crippen molar-refractivity contribution in [3.63, 3.8) is 0 Å². The summed E-state index contributed by atoms with van der Waals surface area (Å²) >= 11 is 0. The molecule has 16 heterocycles. The van der Waals surface area contributed by atoms with Gasteiger partial charge in [-0.2, -0.15) is 0 Å². The molecule has 0 aliphatic heterocycles. The summed E-state index contributed by atoms with van der Waals surface area (Å²) in [6.45, 7) is 15.8. The maximum absolute atomic E-state index is 11.5. The number of hydrogen-bond donors (Lipinski definition) is 24. The average Bonchev–Trinajstić information content (AvgIpc) is 1.72. The van der Waals surface area contributed by atoms with E-state index in [2.05, 4.69) is 120 Å². The van der Waals surface area contributed by atoms with Crippen molar-refractivity contribution in [1.82, 2.24) is 120 Å². The lowest BCUT2D eigenvalue weighted by Gasteiger charge is -2.05. The Morgan fingerprint density at radius 3 is 0.382 bits per heavy atom. The van der Waals surface area contributed by atoms with Crippen LogP contribution in [0.3, 0.4) is 0 Å². The summed E-state index contributed by atoms with van der Waals surface area (Å²) in [5.41, 5.74) is 17.2. The van der Waals surface area contributed by atoms with Crippen LogP contribution in [0.2, 0.25) is 0 Å². The van der Waals surface area contributed by atoms with Gasteiger partial charge in [0.05, 0.1) is 144 Å². The molecular weight excluding hydrogens is 1750 g/mol. The van der Waals surface area contributed by atoms with Crippen molar-refractivity contribution in [2.24, 2.45) is 0 Å². The predicted molar refractivity (Wildman–Crippen MR) is 528 cm³/mol. The molecule has 0 bridgehead atoms. The van der Waals surface area contributed by atoms with Gasteiger partial charge >= 0.3 is 0 Å². The van der Waals surface area contributed by atoms with Crippen LogP contribution in [0.25, 0.3) is 88.3 Å². The Balaban J connectivity index is 0.000000174. The standard InChI is InChI=1S/8C12H17N3O2/c8*1-2-9(16)5-3-4-8-6-13-11-10(8)14-7-15-12(11)17/h8*6-7,9,13,16H,2-5H2,1H3,(H,14,15,17)/t8*9-/m11110000/s1. The van der Waals surface area contributed by atoms with Gasteiger partial charge in [-0.25, -0.2) is 39.9 Å². The van der Waals surface area contributed by atoms with Gasteiger partial charge in [0, 0.05) is 49.6 Å². The SMILES string of the molecule is CC[C@@H](O)CCCc1c[nH]c2c(=O)[nH]cnc12.CC[C@@H](O)CCCc1c[nH]c2c(=O)[nH]cnc12.CC[C@@H](O)CCCc1c[nH]c2c(=O)[nH]cnc12.CC[C@@H](O)CCCc1c[nH]c2c(=O)[nH]cnc12.CC[C@H](O)CCCc1c[nH]c2c(=O)[nH]cnc12.CC[C@H](O)CCCc1c[nH]c2c(=O)[nH]cnc12.CC[C@H](O)CCCc1c[nH]c2c(=O)[nH]cnc12.CC[C@H](O)CCCc1c[nH]c2c(=O)[nH]cnc12. The molecule has 0 aliphatic rings. The topological polar surface area (TPSA) is 654 Å². The Labute approximate surface area is 782 Å². The van der Waals surface area contributed by atoms with Crippen LogP contribution in [-0.4, -0.2) is 209 Å². The molecule has 0 radical (unpaired) electrons. The third-order valence-corrected chi connectivity index (χ3v) is 24.0. The Hall–Kier alpha value is -13.0. The molecule has 16 aromatic rings. The lowest BCUT2D eigenvalue weighted by molar-refractivity contribution is 0.157. The van der Waals surface area contributed by atoms with Gasteiger partial charge in [-0.3, -0.25) is 38.4 Å². The highest BCUT2D eigenvalue weighted by molar-refractivity contribution is 5.82. The fraction of sp³-hybridized carbons (Fsp3) is 0.500. The molecule has 0 unspecified atom stereocenters. The van der Waals surface area contributed by atoms with Gasteiger partial charge in [-0.15, -0.1) is 0 Å². The molecule has 16 aromatic heterocycles. The Kier molecular flexibility index (Phi) is 43.8. The number of H-pyrrole nitrogens is 16. The number of nitrogens with one attached hydrogen (secondary N) is 16. The first kappa shape index (κ1) is 107. The van der Waals surface area contributed by atoms with Crippen LogP contribution in [0, 0.1) is 0 Å². The molecule has 40 nitrogen and oxygen atoms in total. The summed E-state index contributed by atoms with van der Waals surface area (Å²) in [7, 11) is 0. The minimum atomic E-state index is -0.225. The lowest BCUT2D eigenvalue weighted by atomic mass is 10.1. The number of aromatic nitrogens is 24. The average molecular weight is 1880 g/mol. The number of aliphatic hydroxyl groups is 8. The highest BCUT2D eigenvalue weighted by Gasteiger charge is 2.18. The van der Waals surface area contributed by atoms with E-state index in [9.17, 15) is 79.2 Å².